The molecule has 0 fully saturated rings. The van der Waals surface area contributed by atoms with Gasteiger partial charge in [0, 0.05) is 21.7 Å². The second-order valence-corrected chi connectivity index (χ2v) is 4.82. The molecule has 17 heavy (non-hydrogen) atoms. The molecular formula is C13H17N3S. The summed E-state index contributed by atoms with van der Waals surface area (Å²) in [5.41, 5.74) is 10.2. The monoisotopic (exact) mass is 247 g/mol. The van der Waals surface area contributed by atoms with Crippen LogP contribution in [0.5, 0.6) is 0 Å². The van der Waals surface area contributed by atoms with E-state index in [0.29, 0.717) is 6.54 Å². The number of H-pyrrole nitrogens is 1. The quantitative estimate of drug-likeness (QED) is 0.817. The van der Waals surface area contributed by atoms with E-state index in [1.165, 1.54) is 10.5 Å². The van der Waals surface area contributed by atoms with Gasteiger partial charge in [-0.05, 0) is 38.3 Å². The molecule has 0 bridgehead atoms. The van der Waals surface area contributed by atoms with Crippen LogP contribution in [0.4, 0.5) is 0 Å². The molecule has 3 nitrogen and oxygen atoms in total. The van der Waals surface area contributed by atoms with Crippen LogP contribution in [0.25, 0.3) is 11.3 Å². The lowest BCUT2D eigenvalue weighted by molar-refractivity contribution is 0.957. The van der Waals surface area contributed by atoms with Crippen molar-refractivity contribution in [2.24, 2.45) is 5.73 Å². The fraction of sp³-hybridized carbons (Fsp3) is 0.308. The van der Waals surface area contributed by atoms with Crippen molar-refractivity contribution in [2.45, 2.75) is 18.2 Å². The van der Waals surface area contributed by atoms with E-state index >= 15 is 0 Å². The highest BCUT2D eigenvalue weighted by Crippen LogP contribution is 2.26. The normalized spacial score (nSPS) is 10.8. The number of aromatic amines is 1. The van der Waals surface area contributed by atoms with Gasteiger partial charge >= 0.3 is 0 Å². The van der Waals surface area contributed by atoms with Gasteiger partial charge in [-0.1, -0.05) is 12.1 Å². The van der Waals surface area contributed by atoms with Gasteiger partial charge in [0.05, 0.1) is 5.69 Å². The van der Waals surface area contributed by atoms with Crippen LogP contribution in [-0.2, 0) is 6.42 Å². The third-order valence-corrected chi connectivity index (χ3v) is 3.58. The highest BCUT2D eigenvalue weighted by atomic mass is 32.2. The SMILES string of the molecule is CSc1ccc(-c2n[nH]c(C)c2CCN)cc1. The molecule has 0 atom stereocenters. The number of rotatable bonds is 4. The van der Waals surface area contributed by atoms with Crippen molar-refractivity contribution in [2.75, 3.05) is 12.8 Å². The average molecular weight is 247 g/mol. The first-order valence-corrected chi connectivity index (χ1v) is 6.87. The lowest BCUT2D eigenvalue weighted by Crippen LogP contribution is -2.04. The lowest BCUT2D eigenvalue weighted by atomic mass is 10.0. The van der Waals surface area contributed by atoms with Crippen molar-refractivity contribution >= 4 is 11.8 Å². The maximum Gasteiger partial charge on any atom is 0.0955 e. The molecule has 0 saturated heterocycles. The first-order chi connectivity index (χ1) is 8.26. The predicted octanol–water partition coefficient (Wildman–Crippen LogP) is 2.61. The van der Waals surface area contributed by atoms with Crippen molar-refractivity contribution in [3.8, 4) is 11.3 Å². The molecule has 4 heteroatoms. The van der Waals surface area contributed by atoms with Crippen molar-refractivity contribution in [3.63, 3.8) is 0 Å². The van der Waals surface area contributed by atoms with Gasteiger partial charge in [-0.25, -0.2) is 0 Å². The number of aromatic nitrogens is 2. The molecule has 90 valence electrons. The molecule has 1 aromatic carbocycles. The van der Waals surface area contributed by atoms with Gasteiger partial charge in [0.15, 0.2) is 0 Å². The summed E-state index contributed by atoms with van der Waals surface area (Å²) in [6.45, 7) is 2.69. The Morgan fingerprint density at radius 2 is 2.00 bits per heavy atom. The number of nitrogens with two attached hydrogens (primary N) is 1. The average Bonchev–Trinajstić information content (AvgIpc) is 2.72. The molecule has 2 aromatic rings. The Balaban J connectivity index is 2.38. The van der Waals surface area contributed by atoms with Crippen LogP contribution in [0, 0.1) is 6.92 Å². The van der Waals surface area contributed by atoms with Crippen molar-refractivity contribution in [1.29, 1.82) is 0 Å². The Labute approximate surface area is 106 Å². The second kappa shape index (κ2) is 5.38. The maximum atomic E-state index is 5.64. The van der Waals surface area contributed by atoms with Gasteiger partial charge in [0.25, 0.3) is 0 Å². The Morgan fingerprint density at radius 3 is 2.59 bits per heavy atom. The largest absolute Gasteiger partial charge is 0.330 e. The summed E-state index contributed by atoms with van der Waals surface area (Å²) in [4.78, 5) is 1.27. The minimum absolute atomic E-state index is 0.649. The number of nitrogens with one attached hydrogen (secondary N) is 1. The standard InChI is InChI=1S/C13H17N3S/c1-9-12(7-8-14)13(16-15-9)10-3-5-11(17-2)6-4-10/h3-6H,7-8,14H2,1-2H3,(H,15,16). The third-order valence-electron chi connectivity index (χ3n) is 2.83. The number of aryl methyl sites for hydroxylation is 1. The van der Waals surface area contributed by atoms with Crippen molar-refractivity contribution < 1.29 is 0 Å². The van der Waals surface area contributed by atoms with Crippen LogP contribution >= 0.6 is 11.8 Å². The highest BCUT2D eigenvalue weighted by molar-refractivity contribution is 7.98. The molecule has 0 spiro atoms. The summed E-state index contributed by atoms with van der Waals surface area (Å²) in [7, 11) is 0. The van der Waals surface area contributed by atoms with Crippen LogP contribution in [-0.4, -0.2) is 23.0 Å². The zero-order valence-corrected chi connectivity index (χ0v) is 11.0. The molecule has 1 aromatic heterocycles. The number of thioether (sulfide) groups is 1. The van der Waals surface area contributed by atoms with E-state index in [9.17, 15) is 0 Å². The fourth-order valence-corrected chi connectivity index (χ4v) is 2.30. The minimum atomic E-state index is 0.649. The third kappa shape index (κ3) is 2.53. The van der Waals surface area contributed by atoms with Crippen LogP contribution in [0.15, 0.2) is 29.2 Å². The van der Waals surface area contributed by atoms with Gasteiger partial charge in [-0.15, -0.1) is 11.8 Å². The predicted molar refractivity (Wildman–Crippen MR) is 73.3 cm³/mol. The van der Waals surface area contributed by atoms with Crippen molar-refractivity contribution in [3.05, 3.63) is 35.5 Å². The van der Waals surface area contributed by atoms with E-state index in [2.05, 4.69) is 40.7 Å². The summed E-state index contributed by atoms with van der Waals surface area (Å²) in [6, 6.07) is 8.47. The first kappa shape index (κ1) is 12.2. The summed E-state index contributed by atoms with van der Waals surface area (Å²) >= 11 is 1.74. The zero-order chi connectivity index (χ0) is 12.3. The molecule has 0 saturated carbocycles. The van der Waals surface area contributed by atoms with Crippen LogP contribution in [0.2, 0.25) is 0 Å². The Bertz CT molecular complexity index is 488. The lowest BCUT2D eigenvalue weighted by Gasteiger charge is -2.03. The van der Waals surface area contributed by atoms with E-state index in [1.54, 1.807) is 11.8 Å². The van der Waals surface area contributed by atoms with Gasteiger partial charge < -0.3 is 5.73 Å². The van der Waals surface area contributed by atoms with Crippen LogP contribution in [0.3, 0.4) is 0 Å². The number of hydrogen-bond donors (Lipinski definition) is 2. The van der Waals surface area contributed by atoms with Gasteiger partial charge in [-0.2, -0.15) is 5.10 Å². The van der Waals surface area contributed by atoms with E-state index in [1.807, 2.05) is 6.92 Å². The summed E-state index contributed by atoms with van der Waals surface area (Å²) < 4.78 is 0. The molecule has 0 amide bonds. The molecular weight excluding hydrogens is 230 g/mol. The molecule has 0 aliphatic carbocycles. The molecule has 3 N–H and O–H groups in total. The number of hydrogen-bond acceptors (Lipinski definition) is 3. The molecule has 1 heterocycles. The maximum absolute atomic E-state index is 5.64. The van der Waals surface area contributed by atoms with Gasteiger partial charge in [-0.3, -0.25) is 5.10 Å². The van der Waals surface area contributed by atoms with Gasteiger partial charge in [0.1, 0.15) is 0 Å². The highest BCUT2D eigenvalue weighted by Gasteiger charge is 2.11. The summed E-state index contributed by atoms with van der Waals surface area (Å²) in [5.74, 6) is 0. The van der Waals surface area contributed by atoms with E-state index in [-0.39, 0.29) is 0 Å². The Kier molecular flexibility index (Phi) is 3.86. The molecule has 0 unspecified atom stereocenters. The topological polar surface area (TPSA) is 54.7 Å². The smallest absolute Gasteiger partial charge is 0.0955 e. The minimum Gasteiger partial charge on any atom is -0.330 e. The van der Waals surface area contributed by atoms with E-state index in [0.717, 1.165) is 23.4 Å². The zero-order valence-electron chi connectivity index (χ0n) is 10.2. The molecule has 0 aliphatic heterocycles. The van der Waals surface area contributed by atoms with Gasteiger partial charge in [0.2, 0.25) is 0 Å². The van der Waals surface area contributed by atoms with Crippen LogP contribution < -0.4 is 5.73 Å². The Hall–Kier alpha value is -1.26. The number of nitrogens with zero attached hydrogens (tertiary/aromatic N) is 1. The second-order valence-electron chi connectivity index (χ2n) is 3.94. The van der Waals surface area contributed by atoms with E-state index in [4.69, 9.17) is 5.73 Å². The summed E-state index contributed by atoms with van der Waals surface area (Å²) in [5, 5.41) is 7.41. The molecule has 2 rings (SSSR count). The Morgan fingerprint density at radius 1 is 1.29 bits per heavy atom. The molecule has 0 aliphatic rings. The summed E-state index contributed by atoms with van der Waals surface area (Å²) in [6.07, 6.45) is 2.94. The van der Waals surface area contributed by atoms with Crippen molar-refractivity contribution in [1.82, 2.24) is 10.2 Å². The van der Waals surface area contributed by atoms with E-state index < -0.39 is 0 Å². The van der Waals surface area contributed by atoms with Crippen LogP contribution in [0.1, 0.15) is 11.3 Å². The number of benzene rings is 1. The first-order valence-electron chi connectivity index (χ1n) is 5.64. The molecule has 0 radical (unpaired) electrons. The fourth-order valence-electron chi connectivity index (χ4n) is 1.89.